The highest BCUT2D eigenvalue weighted by Gasteiger charge is 1.96. The fourth-order valence-corrected chi connectivity index (χ4v) is 1.21. The van der Waals surface area contributed by atoms with E-state index in [1.807, 2.05) is 0 Å². The lowest BCUT2D eigenvalue weighted by atomic mass is 10.5. The van der Waals surface area contributed by atoms with E-state index in [1.54, 1.807) is 0 Å². The molecule has 118 valence electrons. The average molecular weight is 312 g/mol. The third-order valence-corrected chi connectivity index (χ3v) is 2.31. The van der Waals surface area contributed by atoms with E-state index in [0.29, 0.717) is 39.6 Å². The highest BCUT2D eigenvalue weighted by molar-refractivity contribution is 7.71. The number of carboxylic acid groups (broad SMARTS) is 1. The Bertz CT molecular complexity index is 357. The van der Waals surface area contributed by atoms with Gasteiger partial charge in [0.15, 0.2) is 0 Å². The van der Waals surface area contributed by atoms with Crippen molar-refractivity contribution in [1.29, 1.82) is 0 Å². The van der Waals surface area contributed by atoms with Gasteiger partial charge in [-0.2, -0.15) is 8.42 Å². The Hall–Kier alpha value is -1.00. The molecule has 0 unspecified atom stereocenters. The predicted octanol–water partition coefficient (Wildman–Crippen LogP) is -0.791. The molecule has 9 heteroatoms. The van der Waals surface area contributed by atoms with Gasteiger partial charge in [0.25, 0.3) is 0 Å². The summed E-state index contributed by atoms with van der Waals surface area (Å²) in [6.45, 7) is 2.42. The first-order valence-corrected chi connectivity index (χ1v) is 7.21. The lowest BCUT2D eigenvalue weighted by molar-refractivity contribution is -0.138. The zero-order valence-electron chi connectivity index (χ0n) is 11.2. The normalized spacial score (nSPS) is 10.4. The first-order valence-electron chi connectivity index (χ1n) is 6.07. The molecule has 0 aromatic rings. The van der Waals surface area contributed by atoms with Crippen LogP contribution in [-0.4, -0.2) is 77.7 Å². The fourth-order valence-electron chi connectivity index (χ4n) is 1.01. The summed E-state index contributed by atoms with van der Waals surface area (Å²) in [5, 5.41) is 9.37. The summed E-state index contributed by atoms with van der Waals surface area (Å²) in [7, 11) is -2.19. The molecule has 0 radical (unpaired) electrons. The molecule has 0 aromatic carbocycles. The van der Waals surface area contributed by atoms with E-state index >= 15 is 0 Å². The van der Waals surface area contributed by atoms with Crippen molar-refractivity contribution in [2.24, 2.45) is 0 Å². The molecule has 0 saturated carbocycles. The molecular formula is C11H20O8S. The van der Waals surface area contributed by atoms with E-state index < -0.39 is 16.3 Å². The second kappa shape index (κ2) is 14.4. The maximum absolute atomic E-state index is 10.2. The molecule has 0 aliphatic rings. The van der Waals surface area contributed by atoms with E-state index in [9.17, 15) is 13.2 Å². The highest BCUT2D eigenvalue weighted by atomic mass is 32.2. The monoisotopic (exact) mass is 312 g/mol. The number of hydrogen-bond acceptors (Lipinski definition) is 7. The van der Waals surface area contributed by atoms with Crippen molar-refractivity contribution < 1.29 is 37.3 Å². The first-order chi connectivity index (χ1) is 9.63. The van der Waals surface area contributed by atoms with Gasteiger partial charge < -0.3 is 24.1 Å². The zero-order valence-corrected chi connectivity index (χ0v) is 12.0. The summed E-state index contributed by atoms with van der Waals surface area (Å²) in [4.78, 5) is 10.2. The standard InChI is InChI=1S/C11H20O8S/c12-11(13)1-2-16-3-4-17-5-6-18-7-8-19-9-10-20(14)15/h10H,1-9H2,(H,12,13). The zero-order chi connectivity index (χ0) is 15.1. The van der Waals surface area contributed by atoms with Gasteiger partial charge in [-0.1, -0.05) is 0 Å². The topological polar surface area (TPSA) is 108 Å². The first kappa shape index (κ1) is 19.0. The van der Waals surface area contributed by atoms with Gasteiger partial charge in [-0.15, -0.1) is 0 Å². The van der Waals surface area contributed by atoms with Crippen LogP contribution in [0.3, 0.4) is 0 Å². The van der Waals surface area contributed by atoms with Gasteiger partial charge in [0.2, 0.25) is 10.3 Å². The van der Waals surface area contributed by atoms with Gasteiger partial charge in [-0.05, 0) is 0 Å². The Morgan fingerprint density at radius 1 is 0.850 bits per heavy atom. The Kier molecular flexibility index (Phi) is 13.7. The molecule has 1 N–H and O–H groups in total. The van der Waals surface area contributed by atoms with Crippen molar-refractivity contribution in [2.75, 3.05) is 52.9 Å². The average Bonchev–Trinajstić information content (AvgIpc) is 2.38. The summed E-state index contributed by atoms with van der Waals surface area (Å²) in [5.74, 6) is -0.888. The van der Waals surface area contributed by atoms with Crippen molar-refractivity contribution in [3.63, 3.8) is 0 Å². The number of rotatable bonds is 14. The number of carboxylic acids is 1. The Morgan fingerprint density at radius 2 is 1.30 bits per heavy atom. The Balaban J connectivity index is 3.06. The molecule has 20 heavy (non-hydrogen) atoms. The summed E-state index contributed by atoms with van der Waals surface area (Å²) < 4.78 is 40.5. The van der Waals surface area contributed by atoms with Crippen LogP contribution in [0.2, 0.25) is 0 Å². The molecule has 0 spiro atoms. The van der Waals surface area contributed by atoms with E-state index in [2.05, 4.69) is 0 Å². The second-order valence-electron chi connectivity index (χ2n) is 3.48. The summed E-state index contributed by atoms with van der Waals surface area (Å²) in [5.41, 5.74) is 0. The minimum absolute atomic E-state index is 0.0134. The minimum Gasteiger partial charge on any atom is -0.481 e. The van der Waals surface area contributed by atoms with Gasteiger partial charge in [0.05, 0.1) is 64.6 Å². The molecule has 0 fully saturated rings. The van der Waals surface area contributed by atoms with E-state index in [1.165, 1.54) is 0 Å². The molecule has 0 rings (SSSR count). The number of aliphatic carboxylic acids is 1. The molecule has 0 heterocycles. The molecule has 0 saturated heterocycles. The molecule has 0 bridgehead atoms. The number of carbonyl (C=O) groups is 1. The van der Waals surface area contributed by atoms with Gasteiger partial charge in [0, 0.05) is 0 Å². The summed E-state index contributed by atoms with van der Waals surface area (Å²) in [6, 6.07) is 0. The second-order valence-corrected chi connectivity index (χ2v) is 4.34. The van der Waals surface area contributed by atoms with Crippen LogP contribution in [0.4, 0.5) is 0 Å². The fraction of sp³-hybridized carbons (Fsp3) is 0.818. The van der Waals surface area contributed by atoms with Crippen LogP contribution < -0.4 is 0 Å². The quantitative estimate of drug-likeness (QED) is 0.328. The number of hydrogen-bond donors (Lipinski definition) is 1. The maximum Gasteiger partial charge on any atom is 0.305 e. The van der Waals surface area contributed by atoms with Gasteiger partial charge in [-0.3, -0.25) is 4.79 Å². The minimum atomic E-state index is -2.19. The molecular weight excluding hydrogens is 292 g/mol. The molecule has 0 amide bonds. The van der Waals surface area contributed by atoms with E-state index in [0.717, 1.165) is 5.37 Å². The Labute approximate surface area is 119 Å². The van der Waals surface area contributed by atoms with Crippen LogP contribution in [0.5, 0.6) is 0 Å². The van der Waals surface area contributed by atoms with Crippen molar-refractivity contribution in [2.45, 2.75) is 6.42 Å². The van der Waals surface area contributed by atoms with Crippen LogP contribution in [-0.2, 0) is 34.0 Å². The van der Waals surface area contributed by atoms with Gasteiger partial charge in [-0.25, -0.2) is 0 Å². The lowest BCUT2D eigenvalue weighted by Gasteiger charge is -2.06. The molecule has 0 atom stereocenters. The summed E-state index contributed by atoms with van der Waals surface area (Å²) in [6.07, 6.45) is -0.0134. The molecule has 0 aliphatic heterocycles. The SMILES string of the molecule is O=C(O)CCOCCOCCOCCOCC=S(=O)=O. The summed E-state index contributed by atoms with van der Waals surface area (Å²) >= 11 is 0. The van der Waals surface area contributed by atoms with Crippen molar-refractivity contribution in [3.05, 3.63) is 0 Å². The molecule has 0 aliphatic carbocycles. The largest absolute Gasteiger partial charge is 0.481 e. The van der Waals surface area contributed by atoms with E-state index in [4.69, 9.17) is 24.1 Å². The van der Waals surface area contributed by atoms with Crippen molar-refractivity contribution in [3.8, 4) is 0 Å². The number of ether oxygens (including phenoxy) is 4. The van der Waals surface area contributed by atoms with E-state index in [-0.39, 0.29) is 19.6 Å². The van der Waals surface area contributed by atoms with Gasteiger partial charge >= 0.3 is 5.97 Å². The smallest absolute Gasteiger partial charge is 0.305 e. The maximum atomic E-state index is 10.2. The molecule has 8 nitrogen and oxygen atoms in total. The predicted molar refractivity (Wildman–Crippen MR) is 70.5 cm³/mol. The molecule has 0 aromatic heterocycles. The van der Waals surface area contributed by atoms with Crippen LogP contribution in [0.25, 0.3) is 0 Å². The third kappa shape index (κ3) is 17.0. The van der Waals surface area contributed by atoms with Crippen LogP contribution in [0, 0.1) is 0 Å². The van der Waals surface area contributed by atoms with Gasteiger partial charge in [0.1, 0.15) is 0 Å². The van der Waals surface area contributed by atoms with Crippen LogP contribution in [0.15, 0.2) is 0 Å². The highest BCUT2D eigenvalue weighted by Crippen LogP contribution is 1.85. The van der Waals surface area contributed by atoms with Crippen molar-refractivity contribution >= 4 is 21.6 Å². The van der Waals surface area contributed by atoms with Crippen LogP contribution >= 0.6 is 0 Å². The van der Waals surface area contributed by atoms with Crippen molar-refractivity contribution in [1.82, 2.24) is 0 Å². The third-order valence-electron chi connectivity index (χ3n) is 1.90. The van der Waals surface area contributed by atoms with Crippen LogP contribution in [0.1, 0.15) is 6.42 Å². The lowest BCUT2D eigenvalue weighted by Crippen LogP contribution is -2.13. The Morgan fingerprint density at radius 3 is 1.75 bits per heavy atom.